The van der Waals surface area contributed by atoms with Crippen LogP contribution >= 0.6 is 0 Å². The molecule has 1 aliphatic heterocycles. The van der Waals surface area contributed by atoms with E-state index in [1.165, 1.54) is 0 Å². The molecule has 74 valence electrons. The third kappa shape index (κ3) is 1.07. The van der Waals surface area contributed by atoms with Crippen LogP contribution in [0, 0.1) is 0 Å². The summed E-state index contributed by atoms with van der Waals surface area (Å²) in [6, 6.07) is 11.2. The average Bonchev–Trinajstić information content (AvgIpc) is 2.25. The summed E-state index contributed by atoms with van der Waals surface area (Å²) in [5, 5.41) is 14.1. The van der Waals surface area contributed by atoms with Gasteiger partial charge in [-0.2, -0.15) is 0 Å². The number of hydrogen-bond acceptors (Lipinski definition) is 2. The van der Waals surface area contributed by atoms with E-state index in [1.807, 2.05) is 30.3 Å². The molecule has 1 amide bonds. The molecule has 0 spiro atoms. The lowest BCUT2D eigenvalue weighted by Gasteiger charge is -2.22. The first-order valence-corrected chi connectivity index (χ1v) is 4.78. The van der Waals surface area contributed by atoms with Gasteiger partial charge in [-0.25, -0.2) is 0 Å². The van der Waals surface area contributed by atoms with E-state index in [0.29, 0.717) is 5.56 Å². The summed E-state index contributed by atoms with van der Waals surface area (Å²) in [6.07, 6.45) is -0.893. The van der Waals surface area contributed by atoms with Crippen molar-refractivity contribution in [1.82, 2.24) is 5.32 Å². The van der Waals surface area contributed by atoms with Crippen molar-refractivity contribution >= 4 is 16.7 Å². The van der Waals surface area contributed by atoms with Gasteiger partial charge in [-0.15, -0.1) is 0 Å². The van der Waals surface area contributed by atoms with Crippen molar-refractivity contribution in [2.24, 2.45) is 0 Å². The zero-order valence-corrected chi connectivity index (χ0v) is 7.90. The number of hydrogen-bond donors (Lipinski definition) is 2. The molecule has 0 saturated carbocycles. The van der Waals surface area contributed by atoms with Crippen molar-refractivity contribution in [2.75, 3.05) is 0 Å². The van der Waals surface area contributed by atoms with Crippen LogP contribution < -0.4 is 5.32 Å². The number of carbonyl (C=O) groups excluding carboxylic acids is 1. The predicted octanol–water partition coefficient (Wildman–Crippen LogP) is 1.57. The molecule has 1 atom stereocenters. The quantitative estimate of drug-likeness (QED) is 0.676. The van der Waals surface area contributed by atoms with Crippen LogP contribution in [0.4, 0.5) is 0 Å². The molecule has 0 aromatic heterocycles. The summed E-state index contributed by atoms with van der Waals surface area (Å²) < 4.78 is 0. The highest BCUT2D eigenvalue weighted by Crippen LogP contribution is 2.30. The Hall–Kier alpha value is -1.87. The maximum absolute atomic E-state index is 11.6. The molecule has 1 heterocycles. The Kier molecular flexibility index (Phi) is 1.58. The van der Waals surface area contributed by atoms with Gasteiger partial charge in [0.15, 0.2) is 6.23 Å². The number of rotatable bonds is 0. The lowest BCUT2D eigenvalue weighted by atomic mass is 9.95. The standard InChI is InChI=1S/C12H9NO2/c14-11-8-5-1-3-7-4-2-6-9(10(7)8)12(15)13-11/h1-6,11,14H,(H,13,15). The zero-order chi connectivity index (χ0) is 10.4. The summed E-state index contributed by atoms with van der Waals surface area (Å²) in [4.78, 5) is 11.6. The molecule has 0 saturated heterocycles. The van der Waals surface area contributed by atoms with Crippen LogP contribution in [0.1, 0.15) is 22.1 Å². The fourth-order valence-electron chi connectivity index (χ4n) is 2.07. The molecule has 2 N–H and O–H groups in total. The van der Waals surface area contributed by atoms with E-state index in [9.17, 15) is 9.90 Å². The molecule has 0 bridgehead atoms. The van der Waals surface area contributed by atoms with Crippen LogP contribution in [0.15, 0.2) is 36.4 Å². The smallest absolute Gasteiger partial charge is 0.254 e. The number of nitrogens with one attached hydrogen (secondary N) is 1. The summed E-state index contributed by atoms with van der Waals surface area (Å²) in [7, 11) is 0. The summed E-state index contributed by atoms with van der Waals surface area (Å²) in [6.45, 7) is 0. The minimum atomic E-state index is -0.893. The summed E-state index contributed by atoms with van der Waals surface area (Å²) in [5.41, 5.74) is 1.40. The second-order valence-electron chi connectivity index (χ2n) is 3.63. The Balaban J connectivity index is 2.50. The van der Waals surface area contributed by atoms with Gasteiger partial charge in [0.05, 0.1) is 0 Å². The van der Waals surface area contributed by atoms with Gasteiger partial charge in [0.1, 0.15) is 0 Å². The van der Waals surface area contributed by atoms with Crippen LogP contribution in [-0.4, -0.2) is 11.0 Å². The molecule has 0 aliphatic carbocycles. The van der Waals surface area contributed by atoms with Gasteiger partial charge < -0.3 is 10.4 Å². The number of aliphatic hydroxyl groups excluding tert-OH is 1. The Bertz CT molecular complexity index is 557. The van der Waals surface area contributed by atoms with Crippen LogP contribution in [0.3, 0.4) is 0 Å². The summed E-state index contributed by atoms with van der Waals surface area (Å²) in [5.74, 6) is -0.216. The molecule has 0 radical (unpaired) electrons. The minimum absolute atomic E-state index is 0.216. The molecule has 1 unspecified atom stereocenters. The van der Waals surface area contributed by atoms with Crippen LogP contribution in [0.5, 0.6) is 0 Å². The molecule has 3 nitrogen and oxygen atoms in total. The van der Waals surface area contributed by atoms with Crippen molar-refractivity contribution in [3.05, 3.63) is 47.5 Å². The fourth-order valence-corrected chi connectivity index (χ4v) is 2.07. The van der Waals surface area contributed by atoms with Gasteiger partial charge >= 0.3 is 0 Å². The largest absolute Gasteiger partial charge is 0.369 e. The van der Waals surface area contributed by atoms with Crippen molar-refractivity contribution in [2.45, 2.75) is 6.23 Å². The number of amides is 1. The monoisotopic (exact) mass is 199 g/mol. The Morgan fingerprint density at radius 1 is 1.13 bits per heavy atom. The minimum Gasteiger partial charge on any atom is -0.369 e. The average molecular weight is 199 g/mol. The highest BCUT2D eigenvalue weighted by molar-refractivity contribution is 6.10. The lowest BCUT2D eigenvalue weighted by Crippen LogP contribution is -2.32. The van der Waals surface area contributed by atoms with Gasteiger partial charge in [-0.05, 0) is 11.5 Å². The maximum atomic E-state index is 11.6. The maximum Gasteiger partial charge on any atom is 0.254 e. The van der Waals surface area contributed by atoms with E-state index in [4.69, 9.17) is 0 Å². The van der Waals surface area contributed by atoms with Gasteiger partial charge in [-0.3, -0.25) is 4.79 Å². The van der Waals surface area contributed by atoms with Crippen LogP contribution in [-0.2, 0) is 0 Å². The van der Waals surface area contributed by atoms with Crippen LogP contribution in [0.25, 0.3) is 10.8 Å². The number of aliphatic hydroxyl groups is 1. The van der Waals surface area contributed by atoms with Crippen molar-refractivity contribution < 1.29 is 9.90 Å². The third-order valence-electron chi connectivity index (χ3n) is 2.74. The molecule has 3 heteroatoms. The first-order chi connectivity index (χ1) is 7.27. The molecular formula is C12H9NO2. The van der Waals surface area contributed by atoms with Gasteiger partial charge in [-0.1, -0.05) is 30.3 Å². The first kappa shape index (κ1) is 8.44. The van der Waals surface area contributed by atoms with Gasteiger partial charge in [0, 0.05) is 16.5 Å². The fraction of sp³-hybridized carbons (Fsp3) is 0.0833. The van der Waals surface area contributed by atoms with Gasteiger partial charge in [0.2, 0.25) is 0 Å². The molecule has 2 aromatic carbocycles. The normalized spacial score (nSPS) is 19.0. The topological polar surface area (TPSA) is 49.3 Å². The lowest BCUT2D eigenvalue weighted by molar-refractivity contribution is 0.0773. The Labute approximate surface area is 86.3 Å². The Morgan fingerprint density at radius 3 is 2.67 bits per heavy atom. The molecule has 0 fully saturated rings. The van der Waals surface area contributed by atoms with Gasteiger partial charge in [0.25, 0.3) is 5.91 Å². The number of carbonyl (C=O) groups is 1. The molecule has 15 heavy (non-hydrogen) atoms. The molecule has 2 aromatic rings. The van der Waals surface area contributed by atoms with E-state index in [-0.39, 0.29) is 5.91 Å². The van der Waals surface area contributed by atoms with E-state index >= 15 is 0 Å². The third-order valence-corrected chi connectivity index (χ3v) is 2.74. The highest BCUT2D eigenvalue weighted by Gasteiger charge is 2.23. The molecule has 1 aliphatic rings. The van der Waals surface area contributed by atoms with E-state index in [2.05, 4.69) is 5.32 Å². The van der Waals surface area contributed by atoms with E-state index < -0.39 is 6.23 Å². The molecule has 3 rings (SSSR count). The van der Waals surface area contributed by atoms with Crippen LogP contribution in [0.2, 0.25) is 0 Å². The Morgan fingerprint density at radius 2 is 1.87 bits per heavy atom. The summed E-state index contributed by atoms with van der Waals surface area (Å²) >= 11 is 0. The number of benzene rings is 2. The van der Waals surface area contributed by atoms with Crippen molar-refractivity contribution in [3.8, 4) is 0 Å². The SMILES string of the molecule is O=C1NC(O)c2cccc3cccc1c23. The van der Waals surface area contributed by atoms with Crippen molar-refractivity contribution in [1.29, 1.82) is 0 Å². The second kappa shape index (κ2) is 2.81. The first-order valence-electron chi connectivity index (χ1n) is 4.78. The van der Waals surface area contributed by atoms with E-state index in [1.54, 1.807) is 6.07 Å². The van der Waals surface area contributed by atoms with E-state index in [0.717, 1.165) is 16.3 Å². The zero-order valence-electron chi connectivity index (χ0n) is 7.90. The highest BCUT2D eigenvalue weighted by atomic mass is 16.3. The second-order valence-corrected chi connectivity index (χ2v) is 3.63. The predicted molar refractivity (Wildman–Crippen MR) is 56.4 cm³/mol. The molecular weight excluding hydrogens is 190 g/mol. The van der Waals surface area contributed by atoms with Crippen molar-refractivity contribution in [3.63, 3.8) is 0 Å².